The number of ether oxygens (including phenoxy) is 1. The number of amides is 1. The lowest BCUT2D eigenvalue weighted by Crippen LogP contribution is -2.46. The number of carbonyl (C=O) groups is 1. The Hall–Kier alpha value is -0.940. The summed E-state index contributed by atoms with van der Waals surface area (Å²) >= 11 is 7.52. The first-order valence-electron chi connectivity index (χ1n) is 6.27. The highest BCUT2D eigenvalue weighted by Crippen LogP contribution is 2.25. The van der Waals surface area contributed by atoms with Gasteiger partial charge < -0.3 is 4.74 Å². The van der Waals surface area contributed by atoms with E-state index in [-0.39, 0.29) is 4.21 Å². The number of benzene rings is 1. The molecule has 2 N–H and O–H groups in total. The van der Waals surface area contributed by atoms with E-state index in [1.807, 2.05) is 10.9 Å². The number of rotatable bonds is 6. The van der Waals surface area contributed by atoms with Crippen LogP contribution in [0.3, 0.4) is 0 Å². The number of halogens is 2. The zero-order valence-corrected chi connectivity index (χ0v) is 16.6. The zero-order chi connectivity index (χ0) is 17.0. The first-order valence-corrected chi connectivity index (χ1v) is 10.2. The molecule has 0 radical (unpaired) electrons. The van der Waals surface area contributed by atoms with Crippen molar-refractivity contribution in [3.05, 3.63) is 44.7 Å². The van der Waals surface area contributed by atoms with Crippen molar-refractivity contribution >= 4 is 59.1 Å². The predicted molar refractivity (Wildman–Crippen MR) is 94.7 cm³/mol. The SMILES string of the molecule is C[C@H](Oc1cccc(Br)c1)C(=O)NNS(=O)(=O)c1ccc(Br)s1. The van der Waals surface area contributed by atoms with E-state index in [0.29, 0.717) is 9.54 Å². The molecule has 2 aromatic rings. The number of thiophene rings is 1. The summed E-state index contributed by atoms with van der Waals surface area (Å²) in [5, 5.41) is 0. The molecule has 0 bridgehead atoms. The van der Waals surface area contributed by atoms with Crippen LogP contribution in [0, 0.1) is 0 Å². The molecule has 10 heteroatoms. The van der Waals surface area contributed by atoms with Gasteiger partial charge in [-0.05, 0) is 53.2 Å². The van der Waals surface area contributed by atoms with Crippen LogP contribution in [-0.4, -0.2) is 20.4 Å². The third-order valence-corrected chi connectivity index (χ3v) is 6.46. The molecule has 2 rings (SSSR count). The summed E-state index contributed by atoms with van der Waals surface area (Å²) in [4.78, 5) is 14.0. The second-order valence-electron chi connectivity index (χ2n) is 4.37. The molecule has 0 aliphatic rings. The van der Waals surface area contributed by atoms with E-state index in [1.165, 1.54) is 13.0 Å². The van der Waals surface area contributed by atoms with Gasteiger partial charge in [0, 0.05) is 4.47 Å². The largest absolute Gasteiger partial charge is 0.481 e. The highest BCUT2D eigenvalue weighted by Gasteiger charge is 2.20. The first kappa shape index (κ1) is 18.4. The summed E-state index contributed by atoms with van der Waals surface area (Å²) < 4.78 is 31.0. The number of hydrogen-bond donors (Lipinski definition) is 2. The Morgan fingerprint density at radius 2 is 2.00 bits per heavy atom. The Bertz CT molecular complexity index is 808. The number of nitrogens with one attached hydrogen (secondary N) is 2. The molecule has 23 heavy (non-hydrogen) atoms. The van der Waals surface area contributed by atoms with Crippen molar-refractivity contribution in [3.63, 3.8) is 0 Å². The van der Waals surface area contributed by atoms with Gasteiger partial charge in [-0.3, -0.25) is 10.2 Å². The van der Waals surface area contributed by atoms with Crippen molar-refractivity contribution in [3.8, 4) is 5.75 Å². The van der Waals surface area contributed by atoms with E-state index < -0.39 is 22.0 Å². The lowest BCUT2D eigenvalue weighted by Gasteiger charge is -2.15. The molecule has 6 nitrogen and oxygen atoms in total. The maximum Gasteiger partial charge on any atom is 0.275 e. The Morgan fingerprint density at radius 3 is 2.61 bits per heavy atom. The molecule has 0 aliphatic carbocycles. The van der Waals surface area contributed by atoms with Crippen molar-refractivity contribution in [1.82, 2.24) is 10.3 Å². The molecular weight excluding hydrogens is 472 g/mol. The van der Waals surface area contributed by atoms with Crippen LogP contribution in [0.4, 0.5) is 0 Å². The molecule has 0 unspecified atom stereocenters. The van der Waals surface area contributed by atoms with E-state index in [0.717, 1.165) is 15.8 Å². The smallest absolute Gasteiger partial charge is 0.275 e. The molecule has 124 valence electrons. The molecule has 1 aromatic carbocycles. The van der Waals surface area contributed by atoms with Crippen molar-refractivity contribution in [2.45, 2.75) is 17.2 Å². The predicted octanol–water partition coefficient (Wildman–Crippen LogP) is 3.05. The van der Waals surface area contributed by atoms with Crippen LogP contribution in [-0.2, 0) is 14.8 Å². The first-order chi connectivity index (χ1) is 10.8. The Morgan fingerprint density at radius 1 is 1.26 bits per heavy atom. The van der Waals surface area contributed by atoms with Gasteiger partial charge in [0.05, 0.1) is 3.79 Å². The highest BCUT2D eigenvalue weighted by molar-refractivity contribution is 9.11. The van der Waals surface area contributed by atoms with Crippen LogP contribution in [0.5, 0.6) is 5.75 Å². The molecule has 0 spiro atoms. The number of hydrazine groups is 1. The van der Waals surface area contributed by atoms with Crippen LogP contribution in [0.15, 0.2) is 48.9 Å². The Kier molecular flexibility index (Phi) is 6.20. The topological polar surface area (TPSA) is 84.5 Å². The molecular formula is C13H12Br2N2O4S2. The monoisotopic (exact) mass is 482 g/mol. The van der Waals surface area contributed by atoms with Gasteiger partial charge in [-0.15, -0.1) is 16.2 Å². The van der Waals surface area contributed by atoms with E-state index >= 15 is 0 Å². The fraction of sp³-hybridized carbons (Fsp3) is 0.154. The summed E-state index contributed by atoms with van der Waals surface area (Å²) in [5.74, 6) is -0.115. The van der Waals surface area contributed by atoms with Crippen LogP contribution in [0.25, 0.3) is 0 Å². The molecule has 0 saturated heterocycles. The van der Waals surface area contributed by atoms with Gasteiger partial charge in [-0.25, -0.2) is 8.42 Å². The quantitative estimate of drug-likeness (QED) is 0.618. The van der Waals surface area contributed by atoms with Gasteiger partial charge in [-0.2, -0.15) is 0 Å². The second kappa shape index (κ2) is 7.75. The van der Waals surface area contributed by atoms with Gasteiger partial charge in [0.2, 0.25) is 0 Å². The molecule has 1 amide bonds. The third-order valence-electron chi connectivity index (χ3n) is 2.60. The van der Waals surface area contributed by atoms with Gasteiger partial charge in [0.1, 0.15) is 9.96 Å². The highest BCUT2D eigenvalue weighted by atomic mass is 79.9. The van der Waals surface area contributed by atoms with Gasteiger partial charge in [0.15, 0.2) is 6.10 Å². The molecule has 1 atom stereocenters. The number of carbonyl (C=O) groups excluding carboxylic acids is 1. The summed E-state index contributed by atoms with van der Waals surface area (Å²) in [6.07, 6.45) is -0.873. The van der Waals surface area contributed by atoms with Crippen molar-refractivity contribution in [2.24, 2.45) is 0 Å². The maximum absolute atomic E-state index is 12.0. The van der Waals surface area contributed by atoms with Crippen molar-refractivity contribution < 1.29 is 17.9 Å². The third kappa shape index (κ3) is 5.28. The molecule has 0 saturated carbocycles. The Labute approximate surface area is 154 Å². The van der Waals surface area contributed by atoms with E-state index in [2.05, 4.69) is 37.3 Å². The number of hydrogen-bond acceptors (Lipinski definition) is 5. The van der Waals surface area contributed by atoms with Gasteiger partial charge in [-0.1, -0.05) is 22.0 Å². The molecule has 0 aliphatic heterocycles. The number of sulfonamides is 1. The summed E-state index contributed by atoms with van der Waals surface area (Å²) in [7, 11) is -3.80. The normalized spacial score (nSPS) is 12.7. The second-order valence-corrected chi connectivity index (χ2v) is 9.66. The van der Waals surface area contributed by atoms with Crippen molar-refractivity contribution in [1.29, 1.82) is 0 Å². The average molecular weight is 484 g/mol. The van der Waals surface area contributed by atoms with E-state index in [9.17, 15) is 13.2 Å². The van der Waals surface area contributed by atoms with Crippen LogP contribution >= 0.6 is 43.2 Å². The minimum absolute atomic E-state index is 0.0882. The lowest BCUT2D eigenvalue weighted by atomic mass is 10.3. The van der Waals surface area contributed by atoms with E-state index in [1.54, 1.807) is 24.3 Å². The van der Waals surface area contributed by atoms with Gasteiger partial charge >= 0.3 is 0 Å². The van der Waals surface area contributed by atoms with Crippen LogP contribution in [0.1, 0.15) is 6.92 Å². The van der Waals surface area contributed by atoms with Crippen LogP contribution in [0.2, 0.25) is 0 Å². The van der Waals surface area contributed by atoms with Crippen molar-refractivity contribution in [2.75, 3.05) is 0 Å². The minimum Gasteiger partial charge on any atom is -0.481 e. The summed E-state index contributed by atoms with van der Waals surface area (Å²) in [5.41, 5.74) is 2.14. The Balaban J connectivity index is 1.93. The lowest BCUT2D eigenvalue weighted by molar-refractivity contribution is -0.127. The summed E-state index contributed by atoms with van der Waals surface area (Å²) in [6, 6.07) is 10.0. The minimum atomic E-state index is -3.80. The fourth-order valence-corrected chi connectivity index (χ4v) is 4.74. The standard InChI is InChI=1S/C13H12Br2N2O4S2/c1-8(21-10-4-2-3-9(14)7-10)13(18)16-17-23(19,20)12-6-5-11(15)22-12/h2-8,17H,1H3,(H,16,18)/t8-/m0/s1. The zero-order valence-electron chi connectivity index (χ0n) is 11.7. The maximum atomic E-state index is 12.0. The van der Waals surface area contributed by atoms with Crippen LogP contribution < -0.4 is 15.0 Å². The van der Waals surface area contributed by atoms with E-state index in [4.69, 9.17) is 4.74 Å². The molecule has 1 aromatic heterocycles. The fourth-order valence-electron chi connectivity index (χ4n) is 1.51. The molecule has 0 fully saturated rings. The average Bonchev–Trinajstić information content (AvgIpc) is 2.92. The van der Waals surface area contributed by atoms with Gasteiger partial charge in [0.25, 0.3) is 15.9 Å². The summed E-state index contributed by atoms with van der Waals surface area (Å²) in [6.45, 7) is 1.52. The molecule has 1 heterocycles.